The SMILES string of the molecule is COc1ccc(N2CCC(C)NC2=O)cc1OCCCC1CC1. The third-order valence-electron chi connectivity index (χ3n) is 4.57. The lowest BCUT2D eigenvalue weighted by atomic mass is 10.1. The summed E-state index contributed by atoms with van der Waals surface area (Å²) < 4.78 is 11.3. The molecule has 2 aliphatic rings. The molecule has 0 radical (unpaired) electrons. The minimum Gasteiger partial charge on any atom is -0.493 e. The Balaban J connectivity index is 1.66. The summed E-state index contributed by atoms with van der Waals surface area (Å²) in [6.07, 6.45) is 6.01. The normalized spacial score (nSPS) is 21.0. The average molecular weight is 318 g/mol. The first-order valence-corrected chi connectivity index (χ1v) is 8.56. The summed E-state index contributed by atoms with van der Waals surface area (Å²) in [5.74, 6) is 2.35. The lowest BCUT2D eigenvalue weighted by Crippen LogP contribution is -2.50. The van der Waals surface area contributed by atoms with Crippen LogP contribution >= 0.6 is 0 Å². The molecule has 3 rings (SSSR count). The van der Waals surface area contributed by atoms with E-state index in [-0.39, 0.29) is 12.1 Å². The predicted octanol–water partition coefficient (Wildman–Crippen LogP) is 3.57. The highest BCUT2D eigenvalue weighted by Gasteiger charge is 2.24. The number of benzene rings is 1. The van der Waals surface area contributed by atoms with E-state index >= 15 is 0 Å². The van der Waals surface area contributed by atoms with Crippen molar-refractivity contribution < 1.29 is 14.3 Å². The number of hydrogen-bond donors (Lipinski definition) is 1. The monoisotopic (exact) mass is 318 g/mol. The molecule has 2 amide bonds. The van der Waals surface area contributed by atoms with Gasteiger partial charge in [0.05, 0.1) is 13.7 Å². The van der Waals surface area contributed by atoms with Crippen LogP contribution in [0.25, 0.3) is 0 Å². The van der Waals surface area contributed by atoms with E-state index in [2.05, 4.69) is 5.32 Å². The number of ether oxygens (including phenoxy) is 2. The van der Waals surface area contributed by atoms with Gasteiger partial charge in [0.1, 0.15) is 0 Å². The molecule has 0 aromatic heterocycles. The Morgan fingerprint density at radius 3 is 2.78 bits per heavy atom. The maximum atomic E-state index is 12.2. The largest absolute Gasteiger partial charge is 0.493 e. The summed E-state index contributed by atoms with van der Waals surface area (Å²) in [6.45, 7) is 3.44. The van der Waals surface area contributed by atoms with E-state index in [0.717, 1.165) is 31.0 Å². The van der Waals surface area contributed by atoms with Crippen LogP contribution in [0.1, 0.15) is 39.0 Å². The van der Waals surface area contributed by atoms with Crippen molar-refractivity contribution in [3.8, 4) is 11.5 Å². The molecule has 1 saturated carbocycles. The van der Waals surface area contributed by atoms with Gasteiger partial charge in [-0.3, -0.25) is 4.90 Å². The quantitative estimate of drug-likeness (QED) is 0.782. The van der Waals surface area contributed by atoms with Gasteiger partial charge in [-0.15, -0.1) is 0 Å². The lowest BCUT2D eigenvalue weighted by Gasteiger charge is -2.31. The van der Waals surface area contributed by atoms with Crippen LogP contribution < -0.4 is 19.7 Å². The van der Waals surface area contributed by atoms with Crippen molar-refractivity contribution in [2.24, 2.45) is 5.92 Å². The zero-order chi connectivity index (χ0) is 16.2. The van der Waals surface area contributed by atoms with Crippen molar-refractivity contribution in [3.63, 3.8) is 0 Å². The molecule has 126 valence electrons. The van der Waals surface area contributed by atoms with E-state index in [1.165, 1.54) is 19.3 Å². The molecular weight excluding hydrogens is 292 g/mol. The van der Waals surface area contributed by atoms with Gasteiger partial charge in [-0.1, -0.05) is 12.8 Å². The van der Waals surface area contributed by atoms with Crippen LogP contribution in [0.4, 0.5) is 10.5 Å². The molecular formula is C18H26N2O3. The number of hydrogen-bond acceptors (Lipinski definition) is 3. The third kappa shape index (κ3) is 4.09. The average Bonchev–Trinajstić information content (AvgIpc) is 3.36. The maximum absolute atomic E-state index is 12.2. The molecule has 5 heteroatoms. The number of amides is 2. The fourth-order valence-electron chi connectivity index (χ4n) is 2.94. The maximum Gasteiger partial charge on any atom is 0.322 e. The Morgan fingerprint density at radius 2 is 2.09 bits per heavy atom. The van der Waals surface area contributed by atoms with E-state index < -0.39 is 0 Å². The molecule has 2 fully saturated rings. The molecule has 1 aromatic carbocycles. The molecule has 1 aliphatic carbocycles. The van der Waals surface area contributed by atoms with Gasteiger partial charge in [0.15, 0.2) is 11.5 Å². The van der Waals surface area contributed by atoms with Crippen LogP contribution in [0.2, 0.25) is 0 Å². The lowest BCUT2D eigenvalue weighted by molar-refractivity contribution is 0.237. The van der Waals surface area contributed by atoms with Crippen LogP contribution in [0, 0.1) is 5.92 Å². The highest BCUT2D eigenvalue weighted by molar-refractivity contribution is 5.93. The standard InChI is InChI=1S/C18H26N2O3/c1-13-9-10-20(18(21)19-13)15-7-8-16(22-2)17(12-15)23-11-3-4-14-5-6-14/h7-8,12-14H,3-6,9-11H2,1-2H3,(H,19,21). The smallest absolute Gasteiger partial charge is 0.322 e. The van der Waals surface area contributed by atoms with Crippen LogP contribution in [-0.4, -0.2) is 32.3 Å². The predicted molar refractivity (Wildman–Crippen MR) is 90.4 cm³/mol. The molecule has 0 bridgehead atoms. The summed E-state index contributed by atoms with van der Waals surface area (Å²) in [4.78, 5) is 13.9. The second-order valence-corrected chi connectivity index (χ2v) is 6.56. The van der Waals surface area contributed by atoms with Gasteiger partial charge in [0.2, 0.25) is 0 Å². The van der Waals surface area contributed by atoms with Crippen molar-refractivity contribution >= 4 is 11.7 Å². The van der Waals surface area contributed by atoms with Crippen molar-refractivity contribution in [1.82, 2.24) is 5.32 Å². The van der Waals surface area contributed by atoms with Crippen LogP contribution in [0.15, 0.2) is 18.2 Å². The van der Waals surface area contributed by atoms with Crippen LogP contribution in [0.3, 0.4) is 0 Å². The Kier molecular flexibility index (Phi) is 4.94. The Morgan fingerprint density at radius 1 is 1.26 bits per heavy atom. The van der Waals surface area contributed by atoms with E-state index in [4.69, 9.17) is 9.47 Å². The molecule has 1 atom stereocenters. The third-order valence-corrected chi connectivity index (χ3v) is 4.57. The van der Waals surface area contributed by atoms with Gasteiger partial charge in [0, 0.05) is 24.3 Å². The molecule has 0 spiro atoms. The Hall–Kier alpha value is -1.91. The molecule has 1 saturated heterocycles. The Labute approximate surface area is 137 Å². The van der Waals surface area contributed by atoms with E-state index in [9.17, 15) is 4.79 Å². The fourth-order valence-corrected chi connectivity index (χ4v) is 2.94. The minimum atomic E-state index is -0.0476. The molecule has 23 heavy (non-hydrogen) atoms. The highest BCUT2D eigenvalue weighted by atomic mass is 16.5. The second kappa shape index (κ2) is 7.11. The number of rotatable bonds is 7. The number of nitrogens with zero attached hydrogens (tertiary/aromatic N) is 1. The summed E-state index contributed by atoms with van der Waals surface area (Å²) >= 11 is 0. The molecule has 5 nitrogen and oxygen atoms in total. The first kappa shape index (κ1) is 16.0. The van der Waals surface area contributed by atoms with Gasteiger partial charge in [-0.05, 0) is 44.2 Å². The molecule has 1 unspecified atom stereocenters. The van der Waals surface area contributed by atoms with Gasteiger partial charge in [-0.25, -0.2) is 4.79 Å². The summed E-state index contributed by atoms with van der Waals surface area (Å²) in [6, 6.07) is 5.87. The Bertz CT molecular complexity index is 557. The van der Waals surface area contributed by atoms with Crippen LogP contribution in [0.5, 0.6) is 11.5 Å². The first-order chi connectivity index (χ1) is 11.2. The van der Waals surface area contributed by atoms with E-state index in [1.807, 2.05) is 25.1 Å². The van der Waals surface area contributed by atoms with Gasteiger partial charge >= 0.3 is 6.03 Å². The second-order valence-electron chi connectivity index (χ2n) is 6.56. The number of urea groups is 1. The summed E-state index contributed by atoms with van der Waals surface area (Å²) in [7, 11) is 1.64. The van der Waals surface area contributed by atoms with Crippen molar-refractivity contribution in [3.05, 3.63) is 18.2 Å². The van der Waals surface area contributed by atoms with Crippen molar-refractivity contribution in [2.75, 3.05) is 25.2 Å². The molecule has 1 aromatic rings. The number of nitrogens with one attached hydrogen (secondary N) is 1. The zero-order valence-electron chi connectivity index (χ0n) is 14.0. The summed E-state index contributed by atoms with van der Waals surface area (Å²) in [5.41, 5.74) is 0.854. The highest BCUT2D eigenvalue weighted by Crippen LogP contribution is 2.35. The number of methoxy groups -OCH3 is 1. The first-order valence-electron chi connectivity index (χ1n) is 8.56. The molecule has 1 N–H and O–H groups in total. The van der Waals surface area contributed by atoms with Gasteiger partial charge in [-0.2, -0.15) is 0 Å². The number of carbonyl (C=O) groups excluding carboxylic acids is 1. The fraction of sp³-hybridized carbons (Fsp3) is 0.611. The van der Waals surface area contributed by atoms with Gasteiger partial charge in [0.25, 0.3) is 0 Å². The molecule has 1 aliphatic heterocycles. The number of anilines is 1. The summed E-state index contributed by atoms with van der Waals surface area (Å²) in [5, 5.41) is 2.96. The molecule has 1 heterocycles. The van der Waals surface area contributed by atoms with Gasteiger partial charge < -0.3 is 14.8 Å². The minimum absolute atomic E-state index is 0.0476. The number of carbonyl (C=O) groups is 1. The van der Waals surface area contributed by atoms with Crippen LogP contribution in [-0.2, 0) is 0 Å². The topological polar surface area (TPSA) is 50.8 Å². The van der Waals surface area contributed by atoms with Crippen molar-refractivity contribution in [1.29, 1.82) is 0 Å². The zero-order valence-corrected chi connectivity index (χ0v) is 14.0. The van der Waals surface area contributed by atoms with E-state index in [0.29, 0.717) is 18.1 Å². The van der Waals surface area contributed by atoms with Crippen molar-refractivity contribution in [2.45, 2.75) is 45.1 Å². The van der Waals surface area contributed by atoms with E-state index in [1.54, 1.807) is 12.0 Å².